The van der Waals surface area contributed by atoms with Crippen molar-refractivity contribution in [1.82, 2.24) is 0 Å². The van der Waals surface area contributed by atoms with Crippen molar-refractivity contribution in [3.8, 4) is 5.75 Å². The van der Waals surface area contributed by atoms with Crippen molar-refractivity contribution >= 4 is 0 Å². The van der Waals surface area contributed by atoms with E-state index in [4.69, 9.17) is 15.2 Å². The maximum Gasteiger partial charge on any atom is 0.165 e. The summed E-state index contributed by atoms with van der Waals surface area (Å²) < 4.78 is 23.7. The van der Waals surface area contributed by atoms with E-state index < -0.39 is 0 Å². The van der Waals surface area contributed by atoms with Crippen LogP contribution in [0.15, 0.2) is 18.2 Å². The Labute approximate surface area is 89.0 Å². The lowest BCUT2D eigenvalue weighted by Crippen LogP contribution is -2.10. The van der Waals surface area contributed by atoms with Crippen molar-refractivity contribution < 1.29 is 13.9 Å². The molecule has 1 aromatic rings. The average molecular weight is 213 g/mol. The normalized spacial score (nSPS) is 10.3. The number of ether oxygens (including phenoxy) is 2. The minimum atomic E-state index is -0.380. The molecule has 0 atom stereocenters. The first-order valence-electron chi connectivity index (χ1n) is 4.97. The standard InChI is InChI=1S/C11H16FNO2/c1-2-14-6-7-15-11-9(8-13)4-3-5-10(11)12/h3-5H,2,6-8,13H2,1H3. The van der Waals surface area contributed by atoms with Gasteiger partial charge in [-0.1, -0.05) is 12.1 Å². The molecule has 0 aliphatic rings. The van der Waals surface area contributed by atoms with Crippen LogP contribution in [0.5, 0.6) is 5.75 Å². The van der Waals surface area contributed by atoms with Crippen LogP contribution in [0.3, 0.4) is 0 Å². The first-order chi connectivity index (χ1) is 7.29. The maximum absolute atomic E-state index is 13.3. The third-order valence-corrected chi connectivity index (χ3v) is 1.95. The minimum Gasteiger partial charge on any atom is -0.488 e. The summed E-state index contributed by atoms with van der Waals surface area (Å²) in [5.41, 5.74) is 6.14. The van der Waals surface area contributed by atoms with Crippen LogP contribution in [-0.2, 0) is 11.3 Å². The monoisotopic (exact) mass is 213 g/mol. The van der Waals surface area contributed by atoms with Crippen molar-refractivity contribution in [3.05, 3.63) is 29.6 Å². The topological polar surface area (TPSA) is 44.5 Å². The predicted octanol–water partition coefficient (Wildman–Crippen LogP) is 1.70. The van der Waals surface area contributed by atoms with Crippen molar-refractivity contribution in [2.24, 2.45) is 5.73 Å². The summed E-state index contributed by atoms with van der Waals surface area (Å²) in [5.74, 6) is -0.144. The number of rotatable bonds is 6. The number of benzene rings is 1. The quantitative estimate of drug-likeness (QED) is 0.731. The highest BCUT2D eigenvalue weighted by molar-refractivity contribution is 5.34. The fourth-order valence-electron chi connectivity index (χ4n) is 1.22. The molecule has 3 nitrogen and oxygen atoms in total. The lowest BCUT2D eigenvalue weighted by atomic mass is 10.2. The SMILES string of the molecule is CCOCCOc1c(F)cccc1CN. The molecule has 1 aromatic carbocycles. The first kappa shape index (κ1) is 11.9. The molecular weight excluding hydrogens is 197 g/mol. The van der Waals surface area contributed by atoms with Crippen molar-refractivity contribution in [2.45, 2.75) is 13.5 Å². The molecule has 2 N–H and O–H groups in total. The molecule has 4 heteroatoms. The molecular formula is C11H16FNO2. The number of nitrogens with two attached hydrogens (primary N) is 1. The number of para-hydroxylation sites is 1. The molecule has 0 bridgehead atoms. The number of hydrogen-bond donors (Lipinski definition) is 1. The lowest BCUT2D eigenvalue weighted by Gasteiger charge is -2.10. The minimum absolute atomic E-state index is 0.236. The van der Waals surface area contributed by atoms with Crippen LogP contribution in [0.1, 0.15) is 12.5 Å². The van der Waals surface area contributed by atoms with Gasteiger partial charge in [-0.15, -0.1) is 0 Å². The van der Waals surface area contributed by atoms with Crippen LogP contribution in [0.2, 0.25) is 0 Å². The molecule has 0 unspecified atom stereocenters. The van der Waals surface area contributed by atoms with Gasteiger partial charge >= 0.3 is 0 Å². The van der Waals surface area contributed by atoms with Crippen LogP contribution in [-0.4, -0.2) is 19.8 Å². The Balaban J connectivity index is 2.58. The van der Waals surface area contributed by atoms with Gasteiger partial charge in [0.1, 0.15) is 6.61 Å². The van der Waals surface area contributed by atoms with E-state index in [1.54, 1.807) is 12.1 Å². The molecule has 0 saturated carbocycles. The van der Waals surface area contributed by atoms with E-state index in [2.05, 4.69) is 0 Å². The largest absolute Gasteiger partial charge is 0.488 e. The van der Waals surface area contributed by atoms with Crippen molar-refractivity contribution in [3.63, 3.8) is 0 Å². The molecule has 1 rings (SSSR count). The fourth-order valence-corrected chi connectivity index (χ4v) is 1.22. The van der Waals surface area contributed by atoms with E-state index in [0.717, 1.165) is 0 Å². The molecule has 0 fully saturated rings. The second-order valence-electron chi connectivity index (χ2n) is 2.98. The molecule has 84 valence electrons. The first-order valence-corrected chi connectivity index (χ1v) is 4.97. The van der Waals surface area contributed by atoms with Crippen LogP contribution in [0, 0.1) is 5.82 Å². The Morgan fingerprint density at radius 3 is 2.80 bits per heavy atom. The van der Waals surface area contributed by atoms with E-state index >= 15 is 0 Å². The van der Waals surface area contributed by atoms with E-state index in [1.807, 2.05) is 6.92 Å². The van der Waals surface area contributed by atoms with Gasteiger partial charge in [0.15, 0.2) is 11.6 Å². The molecule has 0 aromatic heterocycles. The van der Waals surface area contributed by atoms with Crippen LogP contribution < -0.4 is 10.5 Å². The zero-order valence-electron chi connectivity index (χ0n) is 8.83. The molecule has 0 amide bonds. The van der Waals surface area contributed by atoms with E-state index in [9.17, 15) is 4.39 Å². The van der Waals surface area contributed by atoms with Crippen LogP contribution in [0.4, 0.5) is 4.39 Å². The predicted molar refractivity (Wildman–Crippen MR) is 56.3 cm³/mol. The summed E-state index contributed by atoms with van der Waals surface area (Å²) in [6.45, 7) is 3.58. The summed E-state index contributed by atoms with van der Waals surface area (Å²) in [6, 6.07) is 4.72. The Morgan fingerprint density at radius 2 is 2.13 bits per heavy atom. The summed E-state index contributed by atoms with van der Waals surface area (Å²) in [5, 5.41) is 0. The Morgan fingerprint density at radius 1 is 1.33 bits per heavy atom. The molecule has 0 radical (unpaired) electrons. The van der Waals surface area contributed by atoms with Crippen LogP contribution >= 0.6 is 0 Å². The van der Waals surface area contributed by atoms with Gasteiger partial charge in [-0.05, 0) is 13.0 Å². The van der Waals surface area contributed by atoms with E-state index in [1.165, 1.54) is 6.07 Å². The average Bonchev–Trinajstić information content (AvgIpc) is 2.26. The highest BCUT2D eigenvalue weighted by atomic mass is 19.1. The third kappa shape index (κ3) is 3.49. The molecule has 0 spiro atoms. The third-order valence-electron chi connectivity index (χ3n) is 1.95. The summed E-state index contributed by atoms with van der Waals surface area (Å²) in [6.07, 6.45) is 0. The lowest BCUT2D eigenvalue weighted by molar-refractivity contribution is 0.108. The molecule has 0 saturated heterocycles. The summed E-state index contributed by atoms with van der Waals surface area (Å²) >= 11 is 0. The zero-order valence-corrected chi connectivity index (χ0v) is 8.83. The van der Waals surface area contributed by atoms with Gasteiger partial charge in [-0.2, -0.15) is 0 Å². The molecule has 0 heterocycles. The highest BCUT2D eigenvalue weighted by Gasteiger charge is 2.07. The van der Waals surface area contributed by atoms with E-state index in [-0.39, 0.29) is 18.1 Å². The molecule has 0 aliphatic heterocycles. The van der Waals surface area contributed by atoms with Crippen molar-refractivity contribution in [2.75, 3.05) is 19.8 Å². The zero-order chi connectivity index (χ0) is 11.1. The van der Waals surface area contributed by atoms with E-state index in [0.29, 0.717) is 25.4 Å². The Bertz CT molecular complexity index is 305. The Hall–Kier alpha value is -1.13. The molecule has 0 aliphatic carbocycles. The smallest absolute Gasteiger partial charge is 0.165 e. The summed E-state index contributed by atoms with van der Waals surface area (Å²) in [7, 11) is 0. The van der Waals surface area contributed by atoms with Gasteiger partial charge in [0.05, 0.1) is 6.61 Å². The van der Waals surface area contributed by atoms with Gasteiger partial charge in [-0.3, -0.25) is 0 Å². The number of halogens is 1. The van der Waals surface area contributed by atoms with Crippen LogP contribution in [0.25, 0.3) is 0 Å². The maximum atomic E-state index is 13.3. The summed E-state index contributed by atoms with van der Waals surface area (Å²) in [4.78, 5) is 0. The number of hydrogen-bond acceptors (Lipinski definition) is 3. The second-order valence-corrected chi connectivity index (χ2v) is 2.98. The second kappa shape index (κ2) is 6.37. The van der Waals surface area contributed by atoms with Gasteiger partial charge in [0, 0.05) is 18.7 Å². The van der Waals surface area contributed by atoms with Gasteiger partial charge in [0.25, 0.3) is 0 Å². The molecule has 15 heavy (non-hydrogen) atoms. The fraction of sp³-hybridized carbons (Fsp3) is 0.455. The van der Waals surface area contributed by atoms with Gasteiger partial charge < -0.3 is 15.2 Å². The van der Waals surface area contributed by atoms with Crippen molar-refractivity contribution in [1.29, 1.82) is 0 Å². The van der Waals surface area contributed by atoms with Gasteiger partial charge in [0.2, 0.25) is 0 Å². The Kier molecular flexibility index (Phi) is 5.07. The highest BCUT2D eigenvalue weighted by Crippen LogP contribution is 2.21. The van der Waals surface area contributed by atoms with Gasteiger partial charge in [-0.25, -0.2) is 4.39 Å².